The summed E-state index contributed by atoms with van der Waals surface area (Å²) >= 11 is 0. The predicted molar refractivity (Wildman–Crippen MR) is 69.5 cm³/mol. The van der Waals surface area contributed by atoms with Gasteiger partial charge in [-0.05, 0) is 19.9 Å². The molecule has 2 unspecified atom stereocenters. The molecule has 0 aliphatic heterocycles. The smallest absolute Gasteiger partial charge is 0.272 e. The molecule has 20 heavy (non-hydrogen) atoms. The molecule has 0 bridgehead atoms. The van der Waals surface area contributed by atoms with Crippen LogP contribution in [-0.4, -0.2) is 22.5 Å². The number of nitro groups is 1. The lowest BCUT2D eigenvalue weighted by molar-refractivity contribution is -0.385. The molecule has 2 atom stereocenters. The summed E-state index contributed by atoms with van der Waals surface area (Å²) in [6.07, 6.45) is -0.507. The Hall–Kier alpha value is -2.22. The van der Waals surface area contributed by atoms with Crippen LogP contribution >= 0.6 is 0 Å². The van der Waals surface area contributed by atoms with Crippen LogP contribution in [0.2, 0.25) is 0 Å². The van der Waals surface area contributed by atoms with Gasteiger partial charge in [-0.2, -0.15) is 0 Å². The average Bonchev–Trinajstić information content (AvgIpc) is 2.30. The summed E-state index contributed by atoms with van der Waals surface area (Å²) in [5, 5.41) is 10.5. The van der Waals surface area contributed by atoms with Gasteiger partial charge < -0.3 is 16.2 Å². The molecule has 8 heteroatoms. The topological polar surface area (TPSA) is 121 Å². The van der Waals surface area contributed by atoms with E-state index in [0.717, 1.165) is 18.2 Å². The molecule has 1 rings (SSSR count). The molecule has 1 amide bonds. The van der Waals surface area contributed by atoms with Crippen molar-refractivity contribution in [1.29, 1.82) is 0 Å². The third-order valence-corrected chi connectivity index (χ3v) is 2.73. The van der Waals surface area contributed by atoms with E-state index in [9.17, 15) is 19.3 Å². The quantitative estimate of drug-likeness (QED) is 0.598. The Morgan fingerprint density at radius 2 is 2.20 bits per heavy atom. The fraction of sp³-hybridized carbons (Fsp3) is 0.417. The SMILES string of the molecule is CC(CC(C)(N)C(N)=O)Oc1ccc([N+](=O)[O-])cc1F. The Labute approximate surface area is 114 Å². The predicted octanol–water partition coefficient (Wildman–Crippen LogP) is 1.09. The van der Waals surface area contributed by atoms with Crippen molar-refractivity contribution in [2.45, 2.75) is 31.9 Å². The maximum atomic E-state index is 13.6. The van der Waals surface area contributed by atoms with Gasteiger partial charge in [0, 0.05) is 12.5 Å². The van der Waals surface area contributed by atoms with E-state index in [1.807, 2.05) is 0 Å². The highest BCUT2D eigenvalue weighted by Crippen LogP contribution is 2.24. The first-order valence-corrected chi connectivity index (χ1v) is 5.83. The molecule has 4 N–H and O–H groups in total. The average molecular weight is 285 g/mol. The van der Waals surface area contributed by atoms with Crippen molar-refractivity contribution in [3.05, 3.63) is 34.1 Å². The third-order valence-electron chi connectivity index (χ3n) is 2.73. The summed E-state index contributed by atoms with van der Waals surface area (Å²) < 4.78 is 18.9. The molecule has 1 aromatic carbocycles. The number of nitrogens with two attached hydrogens (primary N) is 2. The molecule has 0 aliphatic rings. The second-order valence-electron chi connectivity index (χ2n) is 4.79. The van der Waals surface area contributed by atoms with E-state index in [-0.39, 0.29) is 17.9 Å². The Balaban J connectivity index is 2.79. The normalized spacial score (nSPS) is 15.2. The summed E-state index contributed by atoms with van der Waals surface area (Å²) in [7, 11) is 0. The third kappa shape index (κ3) is 3.89. The number of halogens is 1. The zero-order valence-electron chi connectivity index (χ0n) is 11.1. The van der Waals surface area contributed by atoms with Crippen molar-refractivity contribution in [3.63, 3.8) is 0 Å². The van der Waals surface area contributed by atoms with Gasteiger partial charge in [-0.15, -0.1) is 0 Å². The number of nitro benzene ring substituents is 1. The first-order valence-electron chi connectivity index (χ1n) is 5.83. The lowest BCUT2D eigenvalue weighted by atomic mass is 9.95. The van der Waals surface area contributed by atoms with Crippen LogP contribution < -0.4 is 16.2 Å². The second-order valence-corrected chi connectivity index (χ2v) is 4.79. The lowest BCUT2D eigenvalue weighted by Gasteiger charge is -2.25. The van der Waals surface area contributed by atoms with Crippen molar-refractivity contribution < 1.29 is 18.8 Å². The van der Waals surface area contributed by atoms with E-state index in [2.05, 4.69) is 0 Å². The van der Waals surface area contributed by atoms with Gasteiger partial charge in [-0.25, -0.2) is 4.39 Å². The van der Waals surface area contributed by atoms with Crippen LogP contribution in [0.4, 0.5) is 10.1 Å². The fourth-order valence-electron chi connectivity index (χ4n) is 1.66. The number of benzene rings is 1. The number of carbonyl (C=O) groups excluding carboxylic acids is 1. The van der Waals surface area contributed by atoms with Crippen LogP contribution in [0.25, 0.3) is 0 Å². The Morgan fingerprint density at radius 1 is 1.60 bits per heavy atom. The van der Waals surface area contributed by atoms with E-state index >= 15 is 0 Å². The van der Waals surface area contributed by atoms with Crippen LogP contribution in [0.3, 0.4) is 0 Å². The Bertz CT molecular complexity index is 533. The molecule has 0 spiro atoms. The van der Waals surface area contributed by atoms with Gasteiger partial charge in [0.05, 0.1) is 22.6 Å². The van der Waals surface area contributed by atoms with Crippen molar-refractivity contribution in [3.8, 4) is 5.75 Å². The van der Waals surface area contributed by atoms with E-state index in [1.165, 1.54) is 6.92 Å². The minimum absolute atomic E-state index is 0.0821. The highest BCUT2D eigenvalue weighted by Gasteiger charge is 2.29. The monoisotopic (exact) mass is 285 g/mol. The molecular weight excluding hydrogens is 269 g/mol. The number of rotatable bonds is 6. The van der Waals surface area contributed by atoms with Crippen LogP contribution in [0.5, 0.6) is 5.75 Å². The van der Waals surface area contributed by atoms with Crippen molar-refractivity contribution >= 4 is 11.6 Å². The molecule has 0 fully saturated rings. The number of ether oxygens (including phenoxy) is 1. The summed E-state index contributed by atoms with van der Waals surface area (Å²) in [5.41, 5.74) is 9.15. The number of nitrogens with zero attached hydrogens (tertiary/aromatic N) is 1. The number of non-ortho nitro benzene ring substituents is 1. The first kappa shape index (κ1) is 15.8. The van der Waals surface area contributed by atoms with Crippen molar-refractivity contribution in [1.82, 2.24) is 0 Å². The molecule has 0 radical (unpaired) electrons. The molecule has 0 saturated heterocycles. The van der Waals surface area contributed by atoms with Gasteiger partial charge in [0.2, 0.25) is 5.91 Å². The van der Waals surface area contributed by atoms with E-state index in [4.69, 9.17) is 16.2 Å². The van der Waals surface area contributed by atoms with Gasteiger partial charge in [-0.1, -0.05) is 0 Å². The maximum Gasteiger partial charge on any atom is 0.272 e. The number of amides is 1. The highest BCUT2D eigenvalue weighted by molar-refractivity contribution is 5.83. The molecular formula is C12H16FN3O4. The summed E-state index contributed by atoms with van der Waals surface area (Å²) in [4.78, 5) is 20.9. The highest BCUT2D eigenvalue weighted by atomic mass is 19.1. The summed E-state index contributed by atoms with van der Waals surface area (Å²) in [6.45, 7) is 3.04. The van der Waals surface area contributed by atoms with Gasteiger partial charge in [0.15, 0.2) is 11.6 Å². The zero-order chi connectivity index (χ0) is 15.5. The molecule has 7 nitrogen and oxygen atoms in total. The molecule has 0 saturated carbocycles. The number of primary amides is 1. The van der Waals surface area contributed by atoms with Gasteiger partial charge >= 0.3 is 0 Å². The van der Waals surface area contributed by atoms with E-state index in [1.54, 1.807) is 6.92 Å². The van der Waals surface area contributed by atoms with E-state index < -0.39 is 28.3 Å². The molecule has 0 heterocycles. The molecule has 110 valence electrons. The lowest BCUT2D eigenvalue weighted by Crippen LogP contribution is -2.51. The van der Waals surface area contributed by atoms with Gasteiger partial charge in [-0.3, -0.25) is 14.9 Å². The summed E-state index contributed by atoms with van der Waals surface area (Å²) in [6, 6.07) is 3.04. The van der Waals surface area contributed by atoms with Gasteiger partial charge in [0.1, 0.15) is 0 Å². The van der Waals surface area contributed by atoms with Crippen molar-refractivity contribution in [2.75, 3.05) is 0 Å². The number of hydrogen-bond acceptors (Lipinski definition) is 5. The maximum absolute atomic E-state index is 13.6. The van der Waals surface area contributed by atoms with Crippen LogP contribution in [-0.2, 0) is 4.79 Å². The molecule has 0 aromatic heterocycles. The minimum Gasteiger partial charge on any atom is -0.488 e. The summed E-state index contributed by atoms with van der Waals surface area (Å²) in [5.74, 6) is -1.70. The largest absolute Gasteiger partial charge is 0.488 e. The van der Waals surface area contributed by atoms with Crippen molar-refractivity contribution in [2.24, 2.45) is 11.5 Å². The number of carbonyl (C=O) groups is 1. The minimum atomic E-state index is -1.28. The Kier molecular flexibility index (Phi) is 4.61. The number of hydrogen-bond donors (Lipinski definition) is 2. The first-order chi connectivity index (χ1) is 9.13. The fourth-order valence-corrected chi connectivity index (χ4v) is 1.66. The standard InChI is InChI=1S/C12H16FN3O4/c1-7(6-12(2,15)11(14)17)20-10-4-3-8(16(18)19)5-9(10)13/h3-5,7H,6,15H2,1-2H3,(H2,14,17). The molecule has 0 aliphatic carbocycles. The second kappa shape index (κ2) is 5.83. The van der Waals surface area contributed by atoms with Crippen LogP contribution in [0.15, 0.2) is 18.2 Å². The Morgan fingerprint density at radius 3 is 2.65 bits per heavy atom. The van der Waals surface area contributed by atoms with Gasteiger partial charge in [0.25, 0.3) is 5.69 Å². The molecule has 1 aromatic rings. The van der Waals surface area contributed by atoms with E-state index in [0.29, 0.717) is 0 Å². The van der Waals surface area contributed by atoms with Crippen LogP contribution in [0.1, 0.15) is 20.3 Å². The zero-order valence-corrected chi connectivity index (χ0v) is 11.1. The van der Waals surface area contributed by atoms with Crippen LogP contribution in [0, 0.1) is 15.9 Å².